The Labute approximate surface area is 295 Å². The number of carbonyl (C=O) groups is 1. The van der Waals surface area contributed by atoms with Gasteiger partial charge in [-0.1, -0.05) is 30.1 Å². The quantitative estimate of drug-likeness (QED) is 0.216. The molecule has 1 amide bonds. The fourth-order valence-electron chi connectivity index (χ4n) is 6.21. The van der Waals surface area contributed by atoms with Gasteiger partial charge < -0.3 is 29.3 Å². The summed E-state index contributed by atoms with van der Waals surface area (Å²) in [4.78, 5) is 42.5. The summed E-state index contributed by atoms with van der Waals surface area (Å²) in [5.74, 6) is 0.627. The highest BCUT2D eigenvalue weighted by Crippen LogP contribution is 2.45. The third-order valence-corrected chi connectivity index (χ3v) is 9.93. The molecule has 3 aromatic rings. The number of fused-ring (bicyclic) bond motifs is 1. The van der Waals surface area contributed by atoms with Crippen LogP contribution in [0.3, 0.4) is 0 Å². The van der Waals surface area contributed by atoms with Gasteiger partial charge in [0.25, 0.3) is 11.5 Å². The highest BCUT2D eigenvalue weighted by atomic mass is 35.5. The van der Waals surface area contributed by atoms with Gasteiger partial charge in [0.1, 0.15) is 28.8 Å². The second kappa shape index (κ2) is 15.3. The zero-order chi connectivity index (χ0) is 35.5. The van der Waals surface area contributed by atoms with E-state index in [1.165, 1.54) is 18.8 Å². The van der Waals surface area contributed by atoms with E-state index in [1.807, 2.05) is 13.8 Å². The Morgan fingerprint density at radius 3 is 2.35 bits per heavy atom. The number of benzene rings is 1. The molecule has 2 aliphatic heterocycles. The van der Waals surface area contributed by atoms with Crippen molar-refractivity contribution in [2.24, 2.45) is 0 Å². The summed E-state index contributed by atoms with van der Waals surface area (Å²) in [5, 5.41) is 13.7. The number of piperazine rings is 1. The molecule has 2 aromatic heterocycles. The third-order valence-electron chi connectivity index (χ3n) is 9.18. The molecule has 1 aromatic carbocycles. The topological polar surface area (TPSA) is 138 Å². The van der Waals surface area contributed by atoms with Gasteiger partial charge in [0.2, 0.25) is 5.95 Å². The number of nitrogens with zero attached hydrogens (tertiary/aromatic N) is 7. The summed E-state index contributed by atoms with van der Waals surface area (Å²) in [7, 11) is 4.61. The van der Waals surface area contributed by atoms with Crippen molar-refractivity contribution in [3.05, 3.63) is 50.4 Å². The van der Waals surface area contributed by atoms with Crippen molar-refractivity contribution < 1.29 is 19.0 Å². The molecule has 0 bridgehead atoms. The molecule has 2 aliphatic rings. The average molecular weight is 714 g/mol. The molecule has 4 heterocycles. The number of aromatic nitrogens is 3. The molecule has 5 rings (SSSR count). The summed E-state index contributed by atoms with van der Waals surface area (Å²) < 4.78 is 18.4. The number of likely N-dealkylation sites (N-methyl/N-ethyl adjacent to an activating group) is 1. The van der Waals surface area contributed by atoms with Crippen LogP contribution in [0.15, 0.2) is 34.8 Å². The molecular weight excluding hydrogens is 671 g/mol. The number of likely N-dealkylation sites (tertiary alicyclic amines) is 1. The minimum atomic E-state index is -0.437. The monoisotopic (exact) mass is 712 g/mol. The Kier molecular flexibility index (Phi) is 11.4. The molecule has 49 heavy (non-hydrogen) atoms. The fraction of sp³-hybridized carbons (Fsp3) is 0.500. The van der Waals surface area contributed by atoms with E-state index in [0.717, 1.165) is 32.7 Å². The number of methoxy groups -OCH3 is 2. The van der Waals surface area contributed by atoms with E-state index >= 15 is 0 Å². The van der Waals surface area contributed by atoms with Crippen LogP contribution in [0.1, 0.15) is 20.8 Å². The standard InChI is InChI=1S/C34H42Cl2N8O5/c1-7-41-8-10-43(11-9-41)34(2,3)16-22(17-37)31(45)42-19-23(20-42)49-13-12-44-30-21(18-39-33(38-4)40-30)14-24(32(44)46)27-28(35)25(47-5)15-26(48-6)29(27)36/h14-16,18,23H,7-13,19-20H2,1-6H3,(H,38,39,40). The Hall–Kier alpha value is -3.93. The third kappa shape index (κ3) is 7.49. The fourth-order valence-corrected chi connectivity index (χ4v) is 6.91. The van der Waals surface area contributed by atoms with Gasteiger partial charge in [-0.3, -0.25) is 19.1 Å². The van der Waals surface area contributed by atoms with Crippen LogP contribution < -0.4 is 20.3 Å². The van der Waals surface area contributed by atoms with Gasteiger partial charge in [-0.25, -0.2) is 4.98 Å². The summed E-state index contributed by atoms with van der Waals surface area (Å²) in [6, 6.07) is 5.32. The van der Waals surface area contributed by atoms with E-state index in [-0.39, 0.29) is 51.9 Å². The minimum absolute atomic E-state index is 0.128. The maximum Gasteiger partial charge on any atom is 0.264 e. The van der Waals surface area contributed by atoms with Gasteiger partial charge in [0.05, 0.1) is 49.1 Å². The van der Waals surface area contributed by atoms with Crippen LogP contribution in [0.4, 0.5) is 5.95 Å². The van der Waals surface area contributed by atoms with E-state index < -0.39 is 11.1 Å². The van der Waals surface area contributed by atoms with E-state index in [4.69, 9.17) is 37.4 Å². The lowest BCUT2D eigenvalue weighted by atomic mass is 9.96. The van der Waals surface area contributed by atoms with Crippen LogP contribution >= 0.6 is 23.2 Å². The van der Waals surface area contributed by atoms with Crippen LogP contribution in [0, 0.1) is 11.3 Å². The van der Waals surface area contributed by atoms with Gasteiger partial charge >= 0.3 is 0 Å². The largest absolute Gasteiger partial charge is 0.495 e. The number of ether oxygens (including phenoxy) is 3. The lowest BCUT2D eigenvalue weighted by molar-refractivity contribution is -0.140. The Morgan fingerprint density at radius 2 is 1.78 bits per heavy atom. The molecular formula is C34H42Cl2N8O5. The van der Waals surface area contributed by atoms with E-state index in [0.29, 0.717) is 41.6 Å². The Balaban J connectivity index is 1.31. The average Bonchev–Trinajstić information content (AvgIpc) is 3.09. The van der Waals surface area contributed by atoms with Gasteiger partial charge in [-0.15, -0.1) is 0 Å². The van der Waals surface area contributed by atoms with Crippen LogP contribution in [-0.2, 0) is 16.1 Å². The van der Waals surface area contributed by atoms with Gasteiger partial charge in [0, 0.05) is 75.1 Å². The summed E-state index contributed by atoms with van der Waals surface area (Å²) in [6.45, 7) is 11.9. The highest BCUT2D eigenvalue weighted by Gasteiger charge is 2.35. The van der Waals surface area contributed by atoms with Crippen molar-refractivity contribution in [2.75, 3.05) is 79.0 Å². The van der Waals surface area contributed by atoms with E-state index in [2.05, 4.69) is 38.1 Å². The van der Waals surface area contributed by atoms with E-state index in [1.54, 1.807) is 36.4 Å². The molecule has 2 fully saturated rings. The molecule has 0 aliphatic carbocycles. The molecule has 0 atom stereocenters. The first-order chi connectivity index (χ1) is 23.5. The normalized spacial score (nSPS) is 16.4. The molecule has 1 N–H and O–H groups in total. The van der Waals surface area contributed by atoms with Crippen LogP contribution in [0.25, 0.3) is 22.2 Å². The number of rotatable bonds is 12. The summed E-state index contributed by atoms with van der Waals surface area (Å²) in [5.41, 5.74) is 0.164. The predicted octanol–water partition coefficient (Wildman–Crippen LogP) is 3.92. The molecule has 0 spiro atoms. The first-order valence-corrected chi connectivity index (χ1v) is 16.9. The maximum atomic E-state index is 14.1. The number of nitrogens with one attached hydrogen (secondary N) is 1. The maximum absolute atomic E-state index is 14.1. The summed E-state index contributed by atoms with van der Waals surface area (Å²) >= 11 is 13.4. The lowest BCUT2D eigenvalue weighted by Gasteiger charge is -2.43. The van der Waals surface area contributed by atoms with Crippen LogP contribution in [0.5, 0.6) is 11.5 Å². The second-order valence-corrected chi connectivity index (χ2v) is 13.2. The molecule has 2 saturated heterocycles. The molecule has 0 saturated carbocycles. The van der Waals surface area contributed by atoms with Crippen LogP contribution in [-0.4, -0.2) is 120 Å². The Morgan fingerprint density at radius 1 is 1.12 bits per heavy atom. The number of halogens is 2. The number of pyridine rings is 1. The minimum Gasteiger partial charge on any atom is -0.495 e. The number of carbonyl (C=O) groups excluding carboxylic acids is 1. The van der Waals surface area contributed by atoms with Crippen LogP contribution in [0.2, 0.25) is 10.0 Å². The number of nitriles is 1. The van der Waals surface area contributed by atoms with Crippen molar-refractivity contribution in [3.63, 3.8) is 0 Å². The number of hydrogen-bond acceptors (Lipinski definition) is 11. The van der Waals surface area contributed by atoms with Crippen molar-refractivity contribution in [1.29, 1.82) is 5.26 Å². The summed E-state index contributed by atoms with van der Waals surface area (Å²) in [6.07, 6.45) is 3.14. The number of amides is 1. The zero-order valence-electron chi connectivity index (χ0n) is 28.7. The Bertz CT molecular complexity index is 1810. The molecule has 262 valence electrons. The molecule has 15 heteroatoms. The van der Waals surface area contributed by atoms with Gasteiger partial charge in [-0.2, -0.15) is 10.2 Å². The van der Waals surface area contributed by atoms with E-state index in [9.17, 15) is 14.9 Å². The van der Waals surface area contributed by atoms with Crippen molar-refractivity contribution in [1.82, 2.24) is 29.2 Å². The highest BCUT2D eigenvalue weighted by molar-refractivity contribution is 6.41. The number of anilines is 1. The van der Waals surface area contributed by atoms with Gasteiger partial charge in [-0.05, 0) is 32.5 Å². The molecule has 0 radical (unpaired) electrons. The molecule has 13 nitrogen and oxygen atoms in total. The molecule has 0 unspecified atom stereocenters. The SMILES string of the molecule is CCN1CCN(C(C)(C)C=C(C#N)C(=O)N2CC(OCCn3c(=O)c(-c4c(Cl)c(OC)cc(OC)c4Cl)cc4cnc(NC)nc43)C2)CC1. The smallest absolute Gasteiger partial charge is 0.264 e. The first-order valence-electron chi connectivity index (χ1n) is 16.2. The predicted molar refractivity (Wildman–Crippen MR) is 190 cm³/mol. The second-order valence-electron chi connectivity index (χ2n) is 12.5. The first kappa shape index (κ1) is 36.4. The van der Waals surface area contributed by atoms with Gasteiger partial charge in [0.15, 0.2) is 0 Å². The van der Waals surface area contributed by atoms with Crippen molar-refractivity contribution in [2.45, 2.75) is 39.0 Å². The van der Waals surface area contributed by atoms with Crippen molar-refractivity contribution >= 4 is 46.1 Å². The number of hydrogen-bond donors (Lipinski definition) is 1. The lowest BCUT2D eigenvalue weighted by Crippen LogP contribution is -2.56. The zero-order valence-corrected chi connectivity index (χ0v) is 30.2. The van der Waals surface area contributed by atoms with Crippen molar-refractivity contribution in [3.8, 4) is 28.7 Å².